The van der Waals surface area contributed by atoms with E-state index in [1.165, 1.54) is 9.80 Å². The van der Waals surface area contributed by atoms with Gasteiger partial charge in [-0.1, -0.05) is 68.4 Å². The Balaban J connectivity index is 1.29. The van der Waals surface area contributed by atoms with E-state index in [1.807, 2.05) is 56.3 Å². The molecule has 0 saturated carbocycles. The van der Waals surface area contributed by atoms with E-state index in [0.717, 1.165) is 43.4 Å². The van der Waals surface area contributed by atoms with Gasteiger partial charge in [-0.2, -0.15) is 0 Å². The van der Waals surface area contributed by atoms with Gasteiger partial charge in [0, 0.05) is 33.0 Å². The van der Waals surface area contributed by atoms with Gasteiger partial charge in [0.15, 0.2) is 0 Å². The van der Waals surface area contributed by atoms with Crippen molar-refractivity contribution in [3.63, 3.8) is 0 Å². The SMILES string of the molecule is CCc1cccc(CC)c1N1C(=O)c2ccc3c4ccc5c6c(ccc(c7ccc(c2c37)C1=O)c64)C(=O)N(c1cccc(CO)c1)C5=O. The molecule has 9 rings (SSSR count). The van der Waals surface area contributed by atoms with Crippen LogP contribution in [0.1, 0.15) is 72.0 Å². The summed E-state index contributed by atoms with van der Waals surface area (Å²) in [7, 11) is 0. The quantitative estimate of drug-likeness (QED) is 0.119. The van der Waals surface area contributed by atoms with E-state index >= 15 is 0 Å². The molecular weight excluding hydrogens is 600 g/mol. The van der Waals surface area contributed by atoms with Crippen molar-refractivity contribution in [2.75, 3.05) is 9.80 Å². The van der Waals surface area contributed by atoms with Gasteiger partial charge in [0.05, 0.1) is 18.0 Å². The lowest BCUT2D eigenvalue weighted by Crippen LogP contribution is -2.41. The molecule has 0 aliphatic carbocycles. The molecule has 0 spiro atoms. The number of aryl methyl sites for hydroxylation is 2. The lowest BCUT2D eigenvalue weighted by Gasteiger charge is -2.31. The molecular formula is C41H28N2O5. The van der Waals surface area contributed by atoms with Gasteiger partial charge in [-0.05, 0) is 98.2 Å². The van der Waals surface area contributed by atoms with Crippen molar-refractivity contribution in [3.8, 4) is 0 Å². The Bertz CT molecular complexity index is 2480. The number of fused-ring (bicyclic) bond motifs is 2. The standard InChI is InChI=1S/C41H28N2O5/c1-3-22-8-6-9-23(4-2)37(22)43-40(47)31-17-13-27-25-11-15-29-35-30(39(46)42(38(29)45)24-10-5-7-21(19-24)20-44)16-12-26(33(25)35)28-14-18-32(41(43)48)36(31)34(27)28/h5-19,44H,3-4,20H2,1-2H3. The van der Waals surface area contributed by atoms with Gasteiger partial charge in [0.1, 0.15) is 0 Å². The molecule has 0 saturated heterocycles. The van der Waals surface area contributed by atoms with Crippen molar-refractivity contribution < 1.29 is 24.3 Å². The van der Waals surface area contributed by atoms with Crippen LogP contribution in [0.2, 0.25) is 0 Å². The Labute approximate surface area is 274 Å². The monoisotopic (exact) mass is 628 g/mol. The summed E-state index contributed by atoms with van der Waals surface area (Å²) in [6.45, 7) is 3.84. The highest BCUT2D eigenvalue weighted by Gasteiger charge is 2.39. The number of carbonyl (C=O) groups excluding carboxylic acids is 4. The summed E-state index contributed by atoms with van der Waals surface area (Å²) in [6.07, 6.45) is 1.37. The molecule has 0 aromatic heterocycles. The van der Waals surface area contributed by atoms with Crippen LogP contribution in [0.5, 0.6) is 0 Å². The Morgan fingerprint density at radius 1 is 0.500 bits per heavy atom. The number of benzene rings is 7. The number of carbonyl (C=O) groups is 4. The third-order valence-electron chi connectivity index (χ3n) is 10.2. The van der Waals surface area contributed by atoms with Crippen LogP contribution in [0.4, 0.5) is 11.4 Å². The molecule has 2 aliphatic rings. The topological polar surface area (TPSA) is 95.0 Å². The summed E-state index contributed by atoms with van der Waals surface area (Å²) in [4.78, 5) is 59.2. The Morgan fingerprint density at radius 3 is 1.33 bits per heavy atom. The van der Waals surface area contributed by atoms with Crippen molar-refractivity contribution in [2.24, 2.45) is 0 Å². The minimum atomic E-state index is -0.433. The number of hydrogen-bond donors (Lipinski definition) is 1. The number of aliphatic hydroxyl groups is 1. The summed E-state index contributed by atoms with van der Waals surface area (Å²) in [5.74, 6) is -1.55. The van der Waals surface area contributed by atoms with Gasteiger partial charge in [-0.15, -0.1) is 0 Å². The molecule has 0 bridgehead atoms. The highest BCUT2D eigenvalue weighted by Crippen LogP contribution is 2.47. The maximum Gasteiger partial charge on any atom is 0.266 e. The fourth-order valence-corrected chi connectivity index (χ4v) is 8.00. The van der Waals surface area contributed by atoms with Gasteiger partial charge in [0.25, 0.3) is 23.6 Å². The van der Waals surface area contributed by atoms with E-state index in [0.29, 0.717) is 62.8 Å². The first-order valence-corrected chi connectivity index (χ1v) is 16.2. The molecule has 2 aliphatic heterocycles. The molecule has 4 amide bonds. The van der Waals surface area contributed by atoms with Crippen molar-refractivity contribution in [1.82, 2.24) is 0 Å². The Kier molecular flexibility index (Phi) is 5.92. The molecule has 7 heteroatoms. The first kappa shape index (κ1) is 28.3. The number of aliphatic hydroxyl groups excluding tert-OH is 1. The average Bonchev–Trinajstić information content (AvgIpc) is 3.12. The van der Waals surface area contributed by atoms with Crippen LogP contribution in [0, 0.1) is 0 Å². The molecule has 1 N–H and O–H groups in total. The summed E-state index contributed by atoms with van der Waals surface area (Å²) in [5.41, 5.74) is 5.33. The molecule has 2 heterocycles. The molecule has 0 fully saturated rings. The van der Waals surface area contributed by atoms with E-state index in [-0.39, 0.29) is 18.4 Å². The zero-order valence-electron chi connectivity index (χ0n) is 26.3. The lowest BCUT2D eigenvalue weighted by molar-refractivity contribution is 0.0877. The fourth-order valence-electron chi connectivity index (χ4n) is 8.00. The van der Waals surface area contributed by atoms with Crippen molar-refractivity contribution >= 4 is 78.1 Å². The van der Waals surface area contributed by atoms with Crippen molar-refractivity contribution in [3.05, 3.63) is 130 Å². The van der Waals surface area contributed by atoms with Crippen LogP contribution >= 0.6 is 0 Å². The molecule has 7 aromatic carbocycles. The number of para-hydroxylation sites is 1. The third-order valence-corrected chi connectivity index (χ3v) is 10.2. The molecule has 48 heavy (non-hydrogen) atoms. The zero-order valence-corrected chi connectivity index (χ0v) is 26.3. The summed E-state index contributed by atoms with van der Waals surface area (Å²) < 4.78 is 0. The summed E-state index contributed by atoms with van der Waals surface area (Å²) >= 11 is 0. The molecule has 0 unspecified atom stereocenters. The van der Waals surface area contributed by atoms with Crippen LogP contribution in [0.25, 0.3) is 43.1 Å². The summed E-state index contributed by atoms with van der Waals surface area (Å²) in [5, 5.41) is 15.9. The van der Waals surface area contributed by atoms with E-state index in [4.69, 9.17) is 0 Å². The van der Waals surface area contributed by atoms with Gasteiger partial charge in [-0.3, -0.25) is 19.2 Å². The normalized spacial score (nSPS) is 14.5. The third kappa shape index (κ3) is 3.51. The van der Waals surface area contributed by atoms with E-state index < -0.39 is 11.8 Å². The maximum absolute atomic E-state index is 14.3. The van der Waals surface area contributed by atoms with E-state index in [9.17, 15) is 24.3 Å². The second-order valence-corrected chi connectivity index (χ2v) is 12.5. The number of hydrogen-bond acceptors (Lipinski definition) is 5. The average molecular weight is 629 g/mol. The summed E-state index contributed by atoms with van der Waals surface area (Å²) in [6, 6.07) is 27.5. The minimum absolute atomic E-state index is 0.210. The first-order valence-electron chi connectivity index (χ1n) is 16.2. The number of nitrogens with zero attached hydrogens (tertiary/aromatic N) is 2. The van der Waals surface area contributed by atoms with Gasteiger partial charge < -0.3 is 5.11 Å². The van der Waals surface area contributed by atoms with Gasteiger partial charge in [-0.25, -0.2) is 9.80 Å². The highest BCUT2D eigenvalue weighted by atomic mass is 16.3. The second-order valence-electron chi connectivity index (χ2n) is 12.5. The van der Waals surface area contributed by atoms with Gasteiger partial charge >= 0.3 is 0 Å². The fraction of sp³-hybridized carbons (Fsp3) is 0.122. The second kappa shape index (κ2) is 10.0. The number of amides is 4. The molecule has 7 aromatic rings. The zero-order chi connectivity index (χ0) is 33.0. The maximum atomic E-state index is 14.3. The number of rotatable bonds is 5. The van der Waals surface area contributed by atoms with Gasteiger partial charge in [0.2, 0.25) is 0 Å². The lowest BCUT2D eigenvalue weighted by atomic mass is 9.82. The van der Waals surface area contributed by atoms with Crippen molar-refractivity contribution in [2.45, 2.75) is 33.3 Å². The first-order chi connectivity index (χ1) is 23.4. The van der Waals surface area contributed by atoms with Crippen LogP contribution in [-0.2, 0) is 19.4 Å². The highest BCUT2D eigenvalue weighted by molar-refractivity contribution is 6.45. The Morgan fingerprint density at radius 2 is 0.917 bits per heavy atom. The number of anilines is 2. The van der Waals surface area contributed by atoms with E-state index in [1.54, 1.807) is 48.5 Å². The van der Waals surface area contributed by atoms with E-state index in [2.05, 4.69) is 0 Å². The van der Waals surface area contributed by atoms with Crippen LogP contribution in [-0.4, -0.2) is 28.7 Å². The molecule has 0 atom stereocenters. The van der Waals surface area contributed by atoms with Crippen LogP contribution in [0.3, 0.4) is 0 Å². The van der Waals surface area contributed by atoms with Crippen molar-refractivity contribution in [1.29, 1.82) is 0 Å². The smallest absolute Gasteiger partial charge is 0.266 e. The predicted octanol–water partition coefficient (Wildman–Crippen LogP) is 7.96. The van der Waals surface area contributed by atoms with Crippen LogP contribution in [0.15, 0.2) is 91.0 Å². The largest absolute Gasteiger partial charge is 0.392 e. The molecule has 0 radical (unpaired) electrons. The predicted molar refractivity (Wildman–Crippen MR) is 187 cm³/mol. The minimum Gasteiger partial charge on any atom is -0.392 e. The molecule has 7 nitrogen and oxygen atoms in total. The Hall–Kier alpha value is -5.92. The molecule has 232 valence electrons. The van der Waals surface area contributed by atoms with Crippen LogP contribution < -0.4 is 9.80 Å². The number of imide groups is 2.